The predicted molar refractivity (Wildman–Crippen MR) is 93.1 cm³/mol. The van der Waals surface area contributed by atoms with Gasteiger partial charge >= 0.3 is 0 Å². The van der Waals surface area contributed by atoms with Gasteiger partial charge in [0.1, 0.15) is 0 Å². The summed E-state index contributed by atoms with van der Waals surface area (Å²) in [6.07, 6.45) is 4.05. The summed E-state index contributed by atoms with van der Waals surface area (Å²) in [6.45, 7) is 4.45. The van der Waals surface area contributed by atoms with E-state index in [9.17, 15) is 0 Å². The second kappa shape index (κ2) is 7.07. The van der Waals surface area contributed by atoms with Gasteiger partial charge in [0.05, 0.1) is 5.69 Å². The Morgan fingerprint density at radius 1 is 1.17 bits per heavy atom. The summed E-state index contributed by atoms with van der Waals surface area (Å²) < 4.78 is 3.95. The van der Waals surface area contributed by atoms with Crippen LogP contribution in [0.25, 0.3) is 0 Å². The molecule has 1 saturated carbocycles. The number of benzene rings is 1. The number of rotatable bonds is 5. The molecule has 4 rings (SSSR count). The van der Waals surface area contributed by atoms with Crippen LogP contribution in [-0.2, 0) is 13.1 Å². The molecule has 0 bridgehead atoms. The number of hydrogen-bond donors (Lipinski definition) is 1. The SMILES string of the molecule is c1ccc(CN2C[C@@H]3CCC[C@H](NCc4csnn4)[C@H]3C2)cc1. The molecule has 1 aromatic heterocycles. The van der Waals surface area contributed by atoms with E-state index >= 15 is 0 Å². The lowest BCUT2D eigenvalue weighted by atomic mass is 9.78. The minimum absolute atomic E-state index is 0.635. The van der Waals surface area contributed by atoms with Gasteiger partial charge in [0.2, 0.25) is 0 Å². The normalized spacial score (nSPS) is 27.9. The lowest BCUT2D eigenvalue weighted by Crippen LogP contribution is -2.42. The zero-order chi connectivity index (χ0) is 15.5. The molecule has 1 aliphatic heterocycles. The van der Waals surface area contributed by atoms with Crippen molar-refractivity contribution in [3.05, 3.63) is 47.0 Å². The number of likely N-dealkylation sites (tertiary alicyclic amines) is 1. The molecule has 23 heavy (non-hydrogen) atoms. The second-order valence-corrected chi connectivity index (χ2v) is 7.53. The molecular weight excluding hydrogens is 304 g/mol. The fourth-order valence-electron chi connectivity index (χ4n) is 4.28. The first-order valence-electron chi connectivity index (χ1n) is 8.64. The van der Waals surface area contributed by atoms with Crippen LogP contribution in [0, 0.1) is 11.8 Å². The Bertz CT molecular complexity index is 601. The minimum Gasteiger partial charge on any atom is -0.308 e. The zero-order valence-corrected chi connectivity index (χ0v) is 14.2. The van der Waals surface area contributed by atoms with Crippen molar-refractivity contribution in [1.29, 1.82) is 0 Å². The molecule has 0 radical (unpaired) electrons. The molecule has 3 atom stereocenters. The molecule has 2 heterocycles. The average molecular weight is 328 g/mol. The Morgan fingerprint density at radius 2 is 2.09 bits per heavy atom. The van der Waals surface area contributed by atoms with Gasteiger partial charge < -0.3 is 5.32 Å². The van der Waals surface area contributed by atoms with Crippen LogP contribution in [0.2, 0.25) is 0 Å². The van der Waals surface area contributed by atoms with E-state index in [0.29, 0.717) is 6.04 Å². The standard InChI is InChI=1S/C18H24N4S/c1-2-5-14(6-3-1)10-22-11-15-7-4-8-18(17(15)12-22)19-9-16-13-23-21-20-16/h1-3,5-6,13,15,17-19H,4,7-12H2/t15-,17-,18-/m0/s1. The van der Waals surface area contributed by atoms with Crippen molar-refractivity contribution in [2.75, 3.05) is 13.1 Å². The molecule has 1 saturated heterocycles. The van der Waals surface area contributed by atoms with Gasteiger partial charge in [0.15, 0.2) is 0 Å². The minimum atomic E-state index is 0.635. The summed E-state index contributed by atoms with van der Waals surface area (Å²) in [5.74, 6) is 1.65. The molecule has 1 aromatic carbocycles. The van der Waals surface area contributed by atoms with Gasteiger partial charge in [-0.3, -0.25) is 4.90 Å². The van der Waals surface area contributed by atoms with Crippen LogP contribution >= 0.6 is 11.5 Å². The molecule has 2 aliphatic rings. The molecule has 1 aliphatic carbocycles. The highest BCUT2D eigenvalue weighted by Crippen LogP contribution is 2.37. The smallest absolute Gasteiger partial charge is 0.0893 e. The van der Waals surface area contributed by atoms with Crippen molar-refractivity contribution >= 4 is 11.5 Å². The van der Waals surface area contributed by atoms with E-state index in [1.165, 1.54) is 49.4 Å². The van der Waals surface area contributed by atoms with Gasteiger partial charge in [-0.25, -0.2) is 0 Å². The van der Waals surface area contributed by atoms with E-state index in [4.69, 9.17) is 0 Å². The molecule has 122 valence electrons. The average Bonchev–Trinajstić information content (AvgIpc) is 3.23. The van der Waals surface area contributed by atoms with Crippen molar-refractivity contribution < 1.29 is 0 Å². The largest absolute Gasteiger partial charge is 0.308 e. The van der Waals surface area contributed by atoms with Gasteiger partial charge in [-0.15, -0.1) is 5.10 Å². The monoisotopic (exact) mass is 328 g/mol. The summed E-state index contributed by atoms with van der Waals surface area (Å²) in [5, 5.41) is 9.96. The van der Waals surface area contributed by atoms with Gasteiger partial charge in [-0.1, -0.05) is 41.2 Å². The van der Waals surface area contributed by atoms with Crippen LogP contribution < -0.4 is 5.32 Å². The fourth-order valence-corrected chi connectivity index (χ4v) is 4.74. The zero-order valence-electron chi connectivity index (χ0n) is 13.4. The molecule has 2 aromatic rings. The van der Waals surface area contributed by atoms with Crippen molar-refractivity contribution in [1.82, 2.24) is 19.8 Å². The number of nitrogens with one attached hydrogen (secondary N) is 1. The Morgan fingerprint density at radius 3 is 2.91 bits per heavy atom. The van der Waals surface area contributed by atoms with E-state index in [1.807, 2.05) is 5.38 Å². The van der Waals surface area contributed by atoms with Crippen LogP contribution in [-0.4, -0.2) is 33.6 Å². The number of hydrogen-bond acceptors (Lipinski definition) is 5. The first-order valence-corrected chi connectivity index (χ1v) is 9.48. The summed E-state index contributed by atoms with van der Waals surface area (Å²) >= 11 is 1.44. The van der Waals surface area contributed by atoms with Crippen molar-refractivity contribution in [2.24, 2.45) is 11.8 Å². The first kappa shape index (κ1) is 15.2. The summed E-state index contributed by atoms with van der Waals surface area (Å²) in [4.78, 5) is 2.65. The molecule has 4 nitrogen and oxygen atoms in total. The maximum atomic E-state index is 4.15. The van der Waals surface area contributed by atoms with E-state index in [2.05, 4.69) is 50.1 Å². The van der Waals surface area contributed by atoms with Gasteiger partial charge in [-0.05, 0) is 41.8 Å². The van der Waals surface area contributed by atoms with E-state index in [-0.39, 0.29) is 0 Å². The maximum Gasteiger partial charge on any atom is 0.0893 e. The fraction of sp³-hybridized carbons (Fsp3) is 0.556. The third-order valence-electron chi connectivity index (χ3n) is 5.37. The number of fused-ring (bicyclic) bond motifs is 1. The van der Waals surface area contributed by atoms with Gasteiger partial charge in [0.25, 0.3) is 0 Å². The van der Waals surface area contributed by atoms with Crippen LogP contribution in [0.3, 0.4) is 0 Å². The van der Waals surface area contributed by atoms with Crippen LogP contribution in [0.1, 0.15) is 30.5 Å². The Labute approximate surface area is 142 Å². The Balaban J connectivity index is 1.36. The first-order chi connectivity index (χ1) is 11.4. The topological polar surface area (TPSA) is 41.0 Å². The molecule has 2 fully saturated rings. The van der Waals surface area contributed by atoms with Crippen molar-refractivity contribution in [3.8, 4) is 0 Å². The van der Waals surface area contributed by atoms with Gasteiger partial charge in [0, 0.05) is 37.6 Å². The van der Waals surface area contributed by atoms with E-state index in [0.717, 1.165) is 30.6 Å². The predicted octanol–water partition coefficient (Wildman–Crippen LogP) is 2.93. The molecule has 5 heteroatoms. The third kappa shape index (κ3) is 3.62. The molecule has 0 amide bonds. The summed E-state index contributed by atoms with van der Waals surface area (Å²) in [7, 11) is 0. The quantitative estimate of drug-likeness (QED) is 0.916. The van der Waals surface area contributed by atoms with Crippen molar-refractivity contribution in [3.63, 3.8) is 0 Å². The lowest BCUT2D eigenvalue weighted by Gasteiger charge is -2.33. The van der Waals surface area contributed by atoms with E-state index in [1.54, 1.807) is 0 Å². The maximum absolute atomic E-state index is 4.15. The Kier molecular flexibility index (Phi) is 4.69. The van der Waals surface area contributed by atoms with Gasteiger partial charge in [-0.2, -0.15) is 0 Å². The summed E-state index contributed by atoms with van der Waals surface area (Å²) in [6, 6.07) is 11.5. The highest BCUT2D eigenvalue weighted by Gasteiger charge is 2.39. The molecule has 1 N–H and O–H groups in total. The van der Waals surface area contributed by atoms with Crippen LogP contribution in [0.15, 0.2) is 35.7 Å². The molecule has 0 spiro atoms. The Hall–Kier alpha value is -1.30. The highest BCUT2D eigenvalue weighted by atomic mass is 32.1. The molecule has 0 unspecified atom stereocenters. The number of nitrogens with zero attached hydrogens (tertiary/aromatic N) is 3. The molecular formula is C18H24N4S. The number of aromatic nitrogens is 2. The van der Waals surface area contributed by atoms with Crippen molar-refractivity contribution in [2.45, 2.75) is 38.4 Å². The van der Waals surface area contributed by atoms with E-state index < -0.39 is 0 Å². The summed E-state index contributed by atoms with van der Waals surface area (Å²) in [5.41, 5.74) is 2.51. The second-order valence-electron chi connectivity index (χ2n) is 6.92. The third-order valence-corrected chi connectivity index (χ3v) is 5.93. The highest BCUT2D eigenvalue weighted by molar-refractivity contribution is 7.03. The van der Waals surface area contributed by atoms with Crippen LogP contribution in [0.4, 0.5) is 0 Å². The van der Waals surface area contributed by atoms with Crippen LogP contribution in [0.5, 0.6) is 0 Å². The lowest BCUT2D eigenvalue weighted by molar-refractivity contribution is 0.221.